The maximum absolute atomic E-state index is 12.0. The summed E-state index contributed by atoms with van der Waals surface area (Å²) >= 11 is 0. The molecular formula is C13H22N2O4. The number of ether oxygens (including phenoxy) is 1. The maximum Gasteiger partial charge on any atom is 0.318 e. The van der Waals surface area contributed by atoms with Gasteiger partial charge in [0.25, 0.3) is 0 Å². The van der Waals surface area contributed by atoms with Gasteiger partial charge in [0.05, 0.1) is 13.0 Å². The van der Waals surface area contributed by atoms with E-state index in [9.17, 15) is 9.59 Å². The Kier molecular flexibility index (Phi) is 5.35. The number of urea groups is 1. The molecule has 1 aliphatic heterocycles. The zero-order chi connectivity index (χ0) is 14.5. The summed E-state index contributed by atoms with van der Waals surface area (Å²) in [6.45, 7) is 5.17. The van der Waals surface area contributed by atoms with E-state index in [4.69, 9.17) is 9.84 Å². The van der Waals surface area contributed by atoms with E-state index < -0.39 is 11.5 Å². The van der Waals surface area contributed by atoms with Crippen LogP contribution < -0.4 is 5.32 Å². The highest BCUT2D eigenvalue weighted by atomic mass is 16.5. The highest BCUT2D eigenvalue weighted by molar-refractivity contribution is 5.77. The van der Waals surface area contributed by atoms with Gasteiger partial charge in [-0.25, -0.2) is 4.79 Å². The highest BCUT2D eigenvalue weighted by Crippen LogP contribution is 2.13. The summed E-state index contributed by atoms with van der Waals surface area (Å²) in [7, 11) is 1.65. The van der Waals surface area contributed by atoms with Gasteiger partial charge in [-0.05, 0) is 25.8 Å². The molecule has 0 unspecified atom stereocenters. The maximum atomic E-state index is 12.0. The van der Waals surface area contributed by atoms with E-state index in [0.29, 0.717) is 19.7 Å². The molecule has 1 aliphatic rings. The number of hydrogen-bond acceptors (Lipinski definition) is 3. The molecule has 6 nitrogen and oxygen atoms in total. The molecule has 0 radical (unpaired) electrons. The van der Waals surface area contributed by atoms with Crippen LogP contribution in [-0.4, -0.2) is 54.4 Å². The number of methoxy groups -OCH3 is 1. The zero-order valence-corrected chi connectivity index (χ0v) is 11.7. The van der Waals surface area contributed by atoms with Gasteiger partial charge in [0.2, 0.25) is 0 Å². The molecule has 2 N–H and O–H groups in total. The molecule has 1 rings (SSSR count). The second-order valence-corrected chi connectivity index (χ2v) is 5.38. The molecule has 6 heteroatoms. The number of hydrogen-bond donors (Lipinski definition) is 2. The second kappa shape index (κ2) is 6.56. The molecular weight excluding hydrogens is 248 g/mol. The lowest BCUT2D eigenvalue weighted by atomic mass is 10.0. The van der Waals surface area contributed by atoms with E-state index in [-0.39, 0.29) is 12.5 Å². The van der Waals surface area contributed by atoms with Gasteiger partial charge in [0.15, 0.2) is 0 Å². The molecule has 2 amide bonds. The molecule has 0 aromatic carbocycles. The number of carbonyl (C=O) groups is 2. The van der Waals surface area contributed by atoms with Crippen LogP contribution in [0.5, 0.6) is 0 Å². The number of carboxylic acids is 1. The van der Waals surface area contributed by atoms with Crippen LogP contribution in [0.15, 0.2) is 11.6 Å². The summed E-state index contributed by atoms with van der Waals surface area (Å²) in [5.74, 6) is -0.925. The Morgan fingerprint density at radius 2 is 2.21 bits per heavy atom. The van der Waals surface area contributed by atoms with Crippen molar-refractivity contribution < 1.29 is 19.4 Å². The van der Waals surface area contributed by atoms with Gasteiger partial charge in [-0.2, -0.15) is 0 Å². The van der Waals surface area contributed by atoms with Crippen molar-refractivity contribution >= 4 is 12.0 Å². The van der Waals surface area contributed by atoms with Crippen LogP contribution in [0.4, 0.5) is 4.79 Å². The average molecular weight is 270 g/mol. The molecule has 1 heterocycles. The molecule has 0 saturated heterocycles. The van der Waals surface area contributed by atoms with Gasteiger partial charge in [0.1, 0.15) is 0 Å². The van der Waals surface area contributed by atoms with Crippen molar-refractivity contribution in [2.24, 2.45) is 0 Å². The smallest absolute Gasteiger partial charge is 0.318 e. The van der Waals surface area contributed by atoms with Crippen molar-refractivity contribution in [2.45, 2.75) is 32.2 Å². The molecule has 19 heavy (non-hydrogen) atoms. The van der Waals surface area contributed by atoms with Crippen LogP contribution in [0.2, 0.25) is 0 Å². The lowest BCUT2D eigenvalue weighted by Gasteiger charge is -2.31. The third kappa shape index (κ3) is 5.30. The lowest BCUT2D eigenvalue weighted by Crippen LogP contribution is -2.51. The van der Waals surface area contributed by atoms with Gasteiger partial charge in [0, 0.05) is 25.7 Å². The number of carbonyl (C=O) groups excluding carboxylic acids is 1. The van der Waals surface area contributed by atoms with Crippen molar-refractivity contribution in [1.29, 1.82) is 0 Å². The molecule has 0 bridgehead atoms. The van der Waals surface area contributed by atoms with E-state index in [1.807, 2.05) is 6.08 Å². The van der Waals surface area contributed by atoms with Crippen LogP contribution in [0, 0.1) is 0 Å². The lowest BCUT2D eigenvalue weighted by molar-refractivity contribution is -0.138. The fraction of sp³-hybridized carbons (Fsp3) is 0.692. The molecule has 0 aliphatic carbocycles. The van der Waals surface area contributed by atoms with Crippen molar-refractivity contribution in [3.63, 3.8) is 0 Å². The molecule has 0 fully saturated rings. The first-order valence-electron chi connectivity index (χ1n) is 6.30. The van der Waals surface area contributed by atoms with Crippen molar-refractivity contribution in [3.8, 4) is 0 Å². The SMILES string of the molecule is COCC1=CCN(C(=O)NC(C)(C)CC(=O)O)CC1. The summed E-state index contributed by atoms with van der Waals surface area (Å²) in [4.78, 5) is 24.4. The standard InChI is InChI=1S/C13H22N2O4/c1-13(2,8-11(16)17)14-12(18)15-6-4-10(5-7-15)9-19-3/h4H,5-9H2,1-3H3,(H,14,18)(H,16,17). The van der Waals surface area contributed by atoms with Crippen LogP contribution in [0.1, 0.15) is 26.7 Å². The Morgan fingerprint density at radius 1 is 1.53 bits per heavy atom. The number of nitrogens with one attached hydrogen (secondary N) is 1. The van der Waals surface area contributed by atoms with E-state index in [2.05, 4.69) is 5.32 Å². The van der Waals surface area contributed by atoms with Gasteiger partial charge >= 0.3 is 12.0 Å². The fourth-order valence-corrected chi connectivity index (χ4v) is 2.00. The zero-order valence-electron chi connectivity index (χ0n) is 11.7. The molecule has 108 valence electrons. The van der Waals surface area contributed by atoms with E-state index in [1.54, 1.807) is 25.9 Å². The highest BCUT2D eigenvalue weighted by Gasteiger charge is 2.26. The molecule has 0 aromatic heterocycles. The fourth-order valence-electron chi connectivity index (χ4n) is 2.00. The molecule has 0 spiro atoms. The number of rotatable bonds is 5. The topological polar surface area (TPSA) is 78.9 Å². The van der Waals surface area contributed by atoms with Crippen LogP contribution >= 0.6 is 0 Å². The largest absolute Gasteiger partial charge is 0.481 e. The first kappa shape index (κ1) is 15.5. The minimum absolute atomic E-state index is 0.0999. The van der Waals surface area contributed by atoms with Gasteiger partial charge in [-0.1, -0.05) is 6.08 Å². The predicted molar refractivity (Wildman–Crippen MR) is 71.0 cm³/mol. The molecule has 0 saturated carbocycles. The molecule has 0 atom stereocenters. The summed E-state index contributed by atoms with van der Waals surface area (Å²) in [6, 6.07) is -0.223. The monoisotopic (exact) mass is 270 g/mol. The van der Waals surface area contributed by atoms with Crippen LogP contribution in [0.3, 0.4) is 0 Å². The van der Waals surface area contributed by atoms with Gasteiger partial charge < -0.3 is 20.1 Å². The van der Waals surface area contributed by atoms with E-state index in [0.717, 1.165) is 6.42 Å². The minimum atomic E-state index is -0.925. The summed E-state index contributed by atoms with van der Waals surface area (Å²) < 4.78 is 5.05. The third-order valence-corrected chi connectivity index (χ3v) is 2.96. The van der Waals surface area contributed by atoms with Crippen molar-refractivity contribution in [2.75, 3.05) is 26.8 Å². The minimum Gasteiger partial charge on any atom is -0.481 e. The van der Waals surface area contributed by atoms with Gasteiger partial charge in [-0.15, -0.1) is 0 Å². The van der Waals surface area contributed by atoms with Gasteiger partial charge in [-0.3, -0.25) is 4.79 Å². The predicted octanol–water partition coefficient (Wildman–Crippen LogP) is 1.23. The Labute approximate surface area is 113 Å². The number of amides is 2. The second-order valence-electron chi connectivity index (χ2n) is 5.38. The summed E-state index contributed by atoms with van der Waals surface area (Å²) in [5, 5.41) is 11.5. The van der Waals surface area contributed by atoms with Crippen molar-refractivity contribution in [3.05, 3.63) is 11.6 Å². The first-order valence-corrected chi connectivity index (χ1v) is 6.30. The Bertz CT molecular complexity index is 377. The Morgan fingerprint density at radius 3 is 2.68 bits per heavy atom. The van der Waals surface area contributed by atoms with Crippen molar-refractivity contribution in [1.82, 2.24) is 10.2 Å². The quantitative estimate of drug-likeness (QED) is 0.736. The summed E-state index contributed by atoms with van der Waals surface area (Å²) in [5.41, 5.74) is 0.441. The number of aliphatic carboxylic acids is 1. The average Bonchev–Trinajstić information content (AvgIpc) is 2.27. The van der Waals surface area contributed by atoms with E-state index in [1.165, 1.54) is 5.57 Å². The molecule has 0 aromatic rings. The normalized spacial score (nSPS) is 15.9. The van der Waals surface area contributed by atoms with E-state index >= 15 is 0 Å². The summed E-state index contributed by atoms with van der Waals surface area (Å²) in [6.07, 6.45) is 2.68. The third-order valence-electron chi connectivity index (χ3n) is 2.96. The number of carboxylic acid groups (broad SMARTS) is 1. The van der Waals surface area contributed by atoms with Crippen LogP contribution in [0.25, 0.3) is 0 Å². The Hall–Kier alpha value is -1.56. The first-order chi connectivity index (χ1) is 8.84. The van der Waals surface area contributed by atoms with Crippen LogP contribution in [-0.2, 0) is 9.53 Å². The Balaban J connectivity index is 2.49. The number of nitrogens with zero attached hydrogens (tertiary/aromatic N) is 1.